The molecule has 1 aromatic heterocycles. The smallest absolute Gasteiger partial charge is 0.130 e. The minimum atomic E-state index is -0.153. The highest BCUT2D eigenvalue weighted by atomic mass is 15.0. The van der Waals surface area contributed by atoms with Gasteiger partial charge in [0.2, 0.25) is 0 Å². The highest BCUT2D eigenvalue weighted by molar-refractivity contribution is 5.56. The number of rotatable bonds is 4. The molecule has 0 radical (unpaired) electrons. The molecule has 0 saturated carbocycles. The Morgan fingerprint density at radius 3 is 2.14 bits per heavy atom. The number of nitrogens with two attached hydrogens (primary N) is 1. The number of hydrogen-bond donors (Lipinski definition) is 2. The molecule has 0 saturated heterocycles. The molecule has 3 heteroatoms. The first-order valence-corrected chi connectivity index (χ1v) is 7.34. The van der Waals surface area contributed by atoms with Crippen LogP contribution in [0.1, 0.15) is 22.9 Å². The van der Waals surface area contributed by atoms with Crippen LogP contribution in [0.25, 0.3) is 0 Å². The lowest BCUT2D eigenvalue weighted by Crippen LogP contribution is -2.14. The van der Waals surface area contributed by atoms with Gasteiger partial charge in [-0.15, -0.1) is 0 Å². The molecule has 22 heavy (non-hydrogen) atoms. The van der Waals surface area contributed by atoms with E-state index >= 15 is 0 Å². The minimum Gasteiger partial charge on any atom is -0.340 e. The van der Waals surface area contributed by atoms with Crippen molar-refractivity contribution in [2.24, 2.45) is 5.73 Å². The predicted molar refractivity (Wildman–Crippen MR) is 91.2 cm³/mol. The van der Waals surface area contributed by atoms with Crippen molar-refractivity contribution in [3.8, 4) is 0 Å². The van der Waals surface area contributed by atoms with E-state index in [1.807, 2.05) is 79.7 Å². The SMILES string of the molecule is Cc1nc(Nc2ccccc2)ccc1[C@H](N)c1ccccc1. The van der Waals surface area contributed by atoms with E-state index in [1.165, 1.54) is 0 Å². The van der Waals surface area contributed by atoms with Crippen molar-refractivity contribution in [3.63, 3.8) is 0 Å². The van der Waals surface area contributed by atoms with E-state index in [4.69, 9.17) is 5.73 Å². The van der Waals surface area contributed by atoms with Crippen molar-refractivity contribution < 1.29 is 0 Å². The van der Waals surface area contributed by atoms with Crippen LogP contribution in [0.15, 0.2) is 72.8 Å². The Hall–Kier alpha value is -2.65. The summed E-state index contributed by atoms with van der Waals surface area (Å²) in [5.41, 5.74) is 10.5. The van der Waals surface area contributed by atoms with Crippen molar-refractivity contribution in [3.05, 3.63) is 89.6 Å². The highest BCUT2D eigenvalue weighted by Crippen LogP contribution is 2.24. The molecule has 0 fully saturated rings. The third-order valence-electron chi connectivity index (χ3n) is 3.67. The van der Waals surface area contributed by atoms with Gasteiger partial charge in [-0.2, -0.15) is 0 Å². The molecule has 0 aliphatic heterocycles. The maximum Gasteiger partial charge on any atom is 0.130 e. The van der Waals surface area contributed by atoms with Crippen molar-refractivity contribution in [1.29, 1.82) is 0 Å². The van der Waals surface area contributed by atoms with Gasteiger partial charge in [-0.25, -0.2) is 4.98 Å². The van der Waals surface area contributed by atoms with Gasteiger partial charge in [0.05, 0.1) is 6.04 Å². The molecule has 0 aliphatic rings. The standard InChI is InChI=1S/C19H19N3/c1-14-17(19(20)15-8-4-2-5-9-15)12-13-18(21-14)22-16-10-6-3-7-11-16/h2-13,19H,20H2,1H3,(H,21,22)/t19-/m1/s1. The van der Waals surface area contributed by atoms with Crippen LogP contribution >= 0.6 is 0 Å². The van der Waals surface area contributed by atoms with E-state index in [-0.39, 0.29) is 6.04 Å². The third-order valence-corrected chi connectivity index (χ3v) is 3.67. The first-order valence-electron chi connectivity index (χ1n) is 7.34. The Labute approximate surface area is 130 Å². The average Bonchev–Trinajstić information content (AvgIpc) is 2.56. The molecule has 3 nitrogen and oxygen atoms in total. The number of nitrogens with zero attached hydrogens (tertiary/aromatic N) is 1. The van der Waals surface area contributed by atoms with Gasteiger partial charge in [-0.1, -0.05) is 54.6 Å². The van der Waals surface area contributed by atoms with E-state index < -0.39 is 0 Å². The molecule has 110 valence electrons. The summed E-state index contributed by atoms with van der Waals surface area (Å²) in [5, 5.41) is 3.30. The van der Waals surface area contributed by atoms with Gasteiger partial charge >= 0.3 is 0 Å². The highest BCUT2D eigenvalue weighted by Gasteiger charge is 2.12. The maximum absolute atomic E-state index is 6.36. The van der Waals surface area contributed by atoms with Gasteiger partial charge in [0.25, 0.3) is 0 Å². The van der Waals surface area contributed by atoms with Crippen molar-refractivity contribution in [2.75, 3.05) is 5.32 Å². The number of pyridine rings is 1. The minimum absolute atomic E-state index is 0.153. The molecule has 1 atom stereocenters. The summed E-state index contributed by atoms with van der Waals surface area (Å²) in [5.74, 6) is 0.827. The summed E-state index contributed by atoms with van der Waals surface area (Å²) < 4.78 is 0. The summed E-state index contributed by atoms with van der Waals surface area (Å²) in [6.45, 7) is 1.99. The average molecular weight is 289 g/mol. The van der Waals surface area contributed by atoms with Crippen LogP contribution in [0.3, 0.4) is 0 Å². The molecule has 2 aromatic carbocycles. The number of benzene rings is 2. The van der Waals surface area contributed by atoms with Crippen LogP contribution in [0, 0.1) is 6.92 Å². The van der Waals surface area contributed by atoms with Crippen LogP contribution in [0.4, 0.5) is 11.5 Å². The quantitative estimate of drug-likeness (QED) is 0.757. The van der Waals surface area contributed by atoms with Gasteiger partial charge in [-0.05, 0) is 36.2 Å². The predicted octanol–water partition coefficient (Wildman–Crippen LogP) is 4.18. The van der Waals surface area contributed by atoms with Crippen LogP contribution in [-0.4, -0.2) is 4.98 Å². The second-order valence-corrected chi connectivity index (χ2v) is 5.25. The fraction of sp³-hybridized carbons (Fsp3) is 0.105. The second-order valence-electron chi connectivity index (χ2n) is 5.25. The lowest BCUT2D eigenvalue weighted by molar-refractivity contribution is 0.849. The second kappa shape index (κ2) is 6.41. The summed E-state index contributed by atoms with van der Waals surface area (Å²) in [4.78, 5) is 4.62. The molecule has 0 amide bonds. The topological polar surface area (TPSA) is 50.9 Å². The number of nitrogens with one attached hydrogen (secondary N) is 1. The van der Waals surface area contributed by atoms with E-state index in [0.29, 0.717) is 0 Å². The third kappa shape index (κ3) is 3.15. The monoisotopic (exact) mass is 289 g/mol. The summed E-state index contributed by atoms with van der Waals surface area (Å²) in [7, 11) is 0. The van der Waals surface area contributed by atoms with Gasteiger partial charge in [-0.3, -0.25) is 0 Å². The fourth-order valence-corrected chi connectivity index (χ4v) is 2.48. The van der Waals surface area contributed by atoms with Gasteiger partial charge in [0.1, 0.15) is 5.82 Å². The Kier molecular flexibility index (Phi) is 4.17. The first kappa shape index (κ1) is 14.3. The van der Waals surface area contributed by atoms with Gasteiger partial charge < -0.3 is 11.1 Å². The Morgan fingerprint density at radius 2 is 1.50 bits per heavy atom. The van der Waals surface area contributed by atoms with Crippen molar-refractivity contribution >= 4 is 11.5 Å². The zero-order valence-corrected chi connectivity index (χ0v) is 12.5. The number of anilines is 2. The van der Waals surface area contributed by atoms with E-state index in [9.17, 15) is 0 Å². The molecule has 1 heterocycles. The number of hydrogen-bond acceptors (Lipinski definition) is 3. The molecule has 3 rings (SSSR count). The molecule has 3 N–H and O–H groups in total. The lowest BCUT2D eigenvalue weighted by atomic mass is 9.98. The first-order chi connectivity index (χ1) is 10.7. The van der Waals surface area contributed by atoms with E-state index in [0.717, 1.165) is 28.3 Å². The molecular formula is C19H19N3. The number of aromatic nitrogens is 1. The number of para-hydroxylation sites is 1. The summed E-state index contributed by atoms with van der Waals surface area (Å²) >= 11 is 0. The van der Waals surface area contributed by atoms with Crippen LogP contribution in [0.5, 0.6) is 0 Å². The molecular weight excluding hydrogens is 270 g/mol. The van der Waals surface area contributed by atoms with Crippen molar-refractivity contribution in [2.45, 2.75) is 13.0 Å². The maximum atomic E-state index is 6.36. The molecule has 0 unspecified atom stereocenters. The van der Waals surface area contributed by atoms with Crippen molar-refractivity contribution in [1.82, 2.24) is 4.98 Å². The fourth-order valence-electron chi connectivity index (χ4n) is 2.48. The summed E-state index contributed by atoms with van der Waals surface area (Å²) in [6, 6.07) is 24.0. The molecule has 0 aliphatic carbocycles. The van der Waals surface area contributed by atoms with Crippen LogP contribution < -0.4 is 11.1 Å². The normalized spacial score (nSPS) is 11.9. The molecule has 0 spiro atoms. The lowest BCUT2D eigenvalue weighted by Gasteiger charge is -2.16. The summed E-state index contributed by atoms with van der Waals surface area (Å²) in [6.07, 6.45) is 0. The largest absolute Gasteiger partial charge is 0.340 e. The van der Waals surface area contributed by atoms with Crippen LogP contribution in [0.2, 0.25) is 0 Å². The van der Waals surface area contributed by atoms with Crippen LogP contribution in [-0.2, 0) is 0 Å². The zero-order chi connectivity index (χ0) is 15.4. The number of aryl methyl sites for hydroxylation is 1. The van der Waals surface area contributed by atoms with E-state index in [1.54, 1.807) is 0 Å². The van der Waals surface area contributed by atoms with Gasteiger partial charge in [0, 0.05) is 11.4 Å². The Balaban J connectivity index is 1.83. The zero-order valence-electron chi connectivity index (χ0n) is 12.5. The molecule has 3 aromatic rings. The molecule has 0 bridgehead atoms. The Bertz CT molecular complexity index is 739. The Morgan fingerprint density at radius 1 is 0.864 bits per heavy atom. The van der Waals surface area contributed by atoms with Gasteiger partial charge in [0.15, 0.2) is 0 Å². The van der Waals surface area contributed by atoms with E-state index in [2.05, 4.69) is 10.3 Å².